The second-order valence-corrected chi connectivity index (χ2v) is 10.8. The van der Waals surface area contributed by atoms with E-state index in [1.165, 1.54) is 27.9 Å². The van der Waals surface area contributed by atoms with Crippen LogP contribution in [0.25, 0.3) is 21.1 Å². The molecule has 5 aromatic rings. The maximum absolute atomic E-state index is 13.3. The Balaban J connectivity index is 1.28. The Hall–Kier alpha value is -4.18. The molecule has 0 aliphatic heterocycles. The van der Waals surface area contributed by atoms with E-state index in [0.29, 0.717) is 27.0 Å². The lowest BCUT2D eigenvalue weighted by atomic mass is 9.89. The predicted octanol–water partition coefficient (Wildman–Crippen LogP) is 5.74. The highest BCUT2D eigenvalue weighted by Gasteiger charge is 2.23. The SMILES string of the molecule is CC1CCc2c(sc3ncn(CC(=O)N=Nc4c(O)n(Cc5ccc(F)cc5)c5ccccc45)c(=O)c23)C1. The molecule has 1 N–H and O–H groups in total. The molecule has 3 heterocycles. The summed E-state index contributed by atoms with van der Waals surface area (Å²) in [6.07, 6.45) is 4.20. The molecule has 1 aliphatic rings. The number of hydrogen-bond acceptors (Lipinski definition) is 6. The van der Waals surface area contributed by atoms with Crippen molar-refractivity contribution in [2.75, 3.05) is 0 Å². The van der Waals surface area contributed by atoms with Gasteiger partial charge in [0.25, 0.3) is 11.5 Å². The van der Waals surface area contributed by atoms with Crippen molar-refractivity contribution in [3.8, 4) is 5.88 Å². The number of rotatable bonds is 5. The van der Waals surface area contributed by atoms with E-state index < -0.39 is 5.91 Å². The monoisotopic (exact) mass is 529 g/mol. The van der Waals surface area contributed by atoms with Gasteiger partial charge in [-0.2, -0.15) is 0 Å². The third-order valence-corrected chi connectivity index (χ3v) is 8.18. The summed E-state index contributed by atoms with van der Waals surface area (Å²) in [7, 11) is 0. The van der Waals surface area contributed by atoms with Crippen molar-refractivity contribution in [1.29, 1.82) is 0 Å². The molecule has 1 amide bonds. The van der Waals surface area contributed by atoms with Gasteiger partial charge >= 0.3 is 0 Å². The Morgan fingerprint density at radius 1 is 1.21 bits per heavy atom. The van der Waals surface area contributed by atoms with Crippen molar-refractivity contribution in [2.24, 2.45) is 16.1 Å². The van der Waals surface area contributed by atoms with Gasteiger partial charge in [0.05, 0.1) is 23.8 Å². The molecule has 1 atom stereocenters. The zero-order chi connectivity index (χ0) is 26.4. The van der Waals surface area contributed by atoms with Crippen LogP contribution in [0, 0.1) is 11.7 Å². The number of azo groups is 1. The number of fused-ring (bicyclic) bond motifs is 4. The van der Waals surface area contributed by atoms with Crippen molar-refractivity contribution in [3.05, 3.63) is 87.0 Å². The van der Waals surface area contributed by atoms with Crippen molar-refractivity contribution in [1.82, 2.24) is 14.1 Å². The number of hydrogen-bond donors (Lipinski definition) is 1. The zero-order valence-electron chi connectivity index (χ0n) is 20.6. The van der Waals surface area contributed by atoms with E-state index in [1.54, 1.807) is 40.2 Å². The number of para-hydroxylation sites is 1. The Morgan fingerprint density at radius 3 is 2.82 bits per heavy atom. The van der Waals surface area contributed by atoms with Gasteiger partial charge in [-0.25, -0.2) is 9.37 Å². The molecule has 8 nitrogen and oxygen atoms in total. The number of aryl methyl sites for hydroxylation is 1. The molecular weight excluding hydrogens is 505 g/mol. The van der Waals surface area contributed by atoms with Crippen molar-refractivity contribution < 1.29 is 14.3 Å². The fourth-order valence-corrected chi connectivity index (χ4v) is 6.41. The number of thiophene rings is 1. The Kier molecular flexibility index (Phi) is 6.11. The molecular formula is C28H24FN5O3S. The predicted molar refractivity (Wildman–Crippen MR) is 144 cm³/mol. The van der Waals surface area contributed by atoms with E-state index in [1.807, 2.05) is 12.1 Å². The van der Waals surface area contributed by atoms with Crippen LogP contribution in [0.15, 0.2) is 69.9 Å². The van der Waals surface area contributed by atoms with E-state index in [2.05, 4.69) is 22.1 Å². The quantitative estimate of drug-likeness (QED) is 0.293. The molecule has 0 radical (unpaired) electrons. The third-order valence-electron chi connectivity index (χ3n) is 7.02. The molecule has 0 bridgehead atoms. The summed E-state index contributed by atoms with van der Waals surface area (Å²) in [5, 5.41) is 20.1. The van der Waals surface area contributed by atoms with Crippen LogP contribution in [0.2, 0.25) is 0 Å². The highest BCUT2D eigenvalue weighted by molar-refractivity contribution is 7.18. The summed E-state index contributed by atoms with van der Waals surface area (Å²) in [6, 6.07) is 13.2. The van der Waals surface area contributed by atoms with Gasteiger partial charge in [-0.3, -0.25) is 14.2 Å². The standard InChI is InChI=1S/C28H24FN5O3S/c1-16-6-11-20-22(12-16)38-26-24(20)27(36)33(15-30-26)14-23(35)31-32-25-19-4-2-3-5-21(19)34(28(25)37)13-17-7-9-18(29)10-8-17/h2-5,7-10,15-16,37H,6,11-14H2,1H3. The van der Waals surface area contributed by atoms with E-state index in [4.69, 9.17) is 0 Å². The number of halogens is 1. The topological polar surface area (TPSA) is 102 Å². The summed E-state index contributed by atoms with van der Waals surface area (Å²) in [4.78, 5) is 32.3. The first-order valence-electron chi connectivity index (χ1n) is 12.4. The first-order valence-corrected chi connectivity index (χ1v) is 13.2. The number of benzene rings is 2. The third kappa shape index (κ3) is 4.30. The number of aromatic nitrogens is 3. The van der Waals surface area contributed by atoms with Crippen LogP contribution in [0.5, 0.6) is 5.88 Å². The normalized spacial score (nSPS) is 15.5. The fourth-order valence-electron chi connectivity index (χ4n) is 5.06. The molecule has 6 rings (SSSR count). The van der Waals surface area contributed by atoms with Gasteiger partial charge in [-0.1, -0.05) is 37.3 Å². The number of carbonyl (C=O) groups excluding carboxylic acids is 1. The lowest BCUT2D eigenvalue weighted by molar-refractivity contribution is -0.118. The first kappa shape index (κ1) is 24.2. The first-order chi connectivity index (χ1) is 18.4. The molecule has 0 fully saturated rings. The highest BCUT2D eigenvalue weighted by atomic mass is 32.1. The minimum Gasteiger partial charge on any atom is -0.493 e. The van der Waals surface area contributed by atoms with E-state index in [0.717, 1.165) is 30.4 Å². The average Bonchev–Trinajstić information content (AvgIpc) is 3.40. The Bertz CT molecular complexity index is 1780. The van der Waals surface area contributed by atoms with Gasteiger partial charge in [-0.05, 0) is 54.5 Å². The zero-order valence-corrected chi connectivity index (χ0v) is 21.4. The summed E-state index contributed by atoms with van der Waals surface area (Å²) in [5.74, 6) is -0.560. The molecule has 10 heteroatoms. The fraction of sp³-hybridized carbons (Fsp3) is 0.250. The van der Waals surface area contributed by atoms with E-state index >= 15 is 0 Å². The summed E-state index contributed by atoms with van der Waals surface area (Å²) < 4.78 is 16.2. The number of nitrogens with zero attached hydrogens (tertiary/aromatic N) is 5. The van der Waals surface area contributed by atoms with Gasteiger partial charge in [0.2, 0.25) is 5.88 Å². The minimum atomic E-state index is -0.638. The van der Waals surface area contributed by atoms with E-state index in [9.17, 15) is 19.1 Å². The van der Waals surface area contributed by atoms with Gasteiger partial charge in [0.1, 0.15) is 17.2 Å². The molecule has 0 saturated heterocycles. The second-order valence-electron chi connectivity index (χ2n) is 9.71. The summed E-state index contributed by atoms with van der Waals surface area (Å²) in [5.41, 5.74) is 2.44. The average molecular weight is 530 g/mol. The largest absolute Gasteiger partial charge is 0.493 e. The maximum Gasteiger partial charge on any atom is 0.284 e. The van der Waals surface area contributed by atoms with Crippen molar-refractivity contribution in [2.45, 2.75) is 39.3 Å². The number of amides is 1. The van der Waals surface area contributed by atoms with Gasteiger partial charge in [-0.15, -0.1) is 21.6 Å². The Labute approximate surface area is 220 Å². The number of aromatic hydroxyl groups is 1. The van der Waals surface area contributed by atoms with Crippen LogP contribution in [0.1, 0.15) is 29.3 Å². The van der Waals surface area contributed by atoms with Crippen molar-refractivity contribution >= 4 is 44.1 Å². The second kappa shape index (κ2) is 9.60. The van der Waals surface area contributed by atoms with E-state index in [-0.39, 0.29) is 36.0 Å². The van der Waals surface area contributed by atoms with Gasteiger partial charge < -0.3 is 9.67 Å². The smallest absolute Gasteiger partial charge is 0.284 e. The highest BCUT2D eigenvalue weighted by Crippen LogP contribution is 2.39. The molecule has 1 unspecified atom stereocenters. The Morgan fingerprint density at radius 2 is 2.00 bits per heavy atom. The van der Waals surface area contributed by atoms with Gasteiger partial charge in [0, 0.05) is 10.3 Å². The summed E-state index contributed by atoms with van der Waals surface area (Å²) >= 11 is 1.56. The number of carbonyl (C=O) groups is 1. The summed E-state index contributed by atoms with van der Waals surface area (Å²) in [6.45, 7) is 2.18. The molecule has 0 saturated carbocycles. The minimum absolute atomic E-state index is 0.151. The lowest BCUT2D eigenvalue weighted by Gasteiger charge is -2.17. The lowest BCUT2D eigenvalue weighted by Crippen LogP contribution is -2.24. The maximum atomic E-state index is 13.3. The molecule has 192 valence electrons. The van der Waals surface area contributed by atoms with Gasteiger partial charge in [0.15, 0.2) is 5.69 Å². The van der Waals surface area contributed by atoms with Crippen LogP contribution in [0.4, 0.5) is 10.1 Å². The molecule has 38 heavy (non-hydrogen) atoms. The van der Waals surface area contributed by atoms with Crippen LogP contribution in [0.3, 0.4) is 0 Å². The van der Waals surface area contributed by atoms with Crippen LogP contribution >= 0.6 is 11.3 Å². The van der Waals surface area contributed by atoms with Crippen molar-refractivity contribution in [3.63, 3.8) is 0 Å². The van der Waals surface area contributed by atoms with Crippen LogP contribution in [-0.4, -0.2) is 25.1 Å². The van der Waals surface area contributed by atoms with Crippen LogP contribution in [-0.2, 0) is 30.7 Å². The molecule has 1 aliphatic carbocycles. The van der Waals surface area contributed by atoms with Crippen LogP contribution < -0.4 is 5.56 Å². The molecule has 0 spiro atoms. The molecule has 2 aromatic carbocycles. The molecule has 3 aromatic heterocycles.